The van der Waals surface area contributed by atoms with Crippen molar-refractivity contribution in [2.75, 3.05) is 0 Å². The lowest BCUT2D eigenvalue weighted by molar-refractivity contribution is 0.0696. The number of aromatic carboxylic acids is 1. The Morgan fingerprint density at radius 3 is 2.72 bits per heavy atom. The topological polar surface area (TPSA) is 63.1 Å². The number of carbonyl (C=O) groups is 1. The van der Waals surface area contributed by atoms with Crippen molar-refractivity contribution in [3.63, 3.8) is 0 Å². The lowest BCUT2D eigenvalue weighted by Crippen LogP contribution is -1.99. The van der Waals surface area contributed by atoms with E-state index in [1.165, 1.54) is 24.0 Å². The molecule has 0 amide bonds. The van der Waals surface area contributed by atoms with Gasteiger partial charge in [0.15, 0.2) is 0 Å². The Labute approximate surface area is 121 Å². The second-order valence-corrected chi connectivity index (χ2v) is 5.50. The average molecular weight is 346 g/mol. The van der Waals surface area contributed by atoms with Crippen LogP contribution in [0.3, 0.4) is 0 Å². The first-order chi connectivity index (χ1) is 8.58. The smallest absolute Gasteiger partial charge is 0.337 e. The molecule has 0 radical (unpaired) electrons. The van der Waals surface area contributed by atoms with E-state index in [9.17, 15) is 4.79 Å². The van der Waals surface area contributed by atoms with E-state index < -0.39 is 5.97 Å². The molecule has 4 nitrogen and oxygen atoms in total. The van der Waals surface area contributed by atoms with E-state index >= 15 is 0 Å². The molecule has 0 spiro atoms. The molecule has 0 aliphatic carbocycles. The number of hydrogen-bond donors (Lipinski definition) is 1. The van der Waals surface area contributed by atoms with E-state index in [0.717, 1.165) is 4.47 Å². The van der Waals surface area contributed by atoms with Crippen molar-refractivity contribution < 1.29 is 9.90 Å². The van der Waals surface area contributed by atoms with Gasteiger partial charge in [-0.2, -0.15) is 0 Å². The van der Waals surface area contributed by atoms with E-state index in [1.807, 2.05) is 6.07 Å². The zero-order valence-electron chi connectivity index (χ0n) is 8.80. The molecule has 0 atom stereocenters. The normalized spacial score (nSPS) is 10.3. The van der Waals surface area contributed by atoms with Crippen molar-refractivity contribution in [2.24, 2.45) is 0 Å². The molecular formula is C11H6BrClN2O2S. The number of pyridine rings is 2. The predicted molar refractivity (Wildman–Crippen MR) is 72.3 cm³/mol. The lowest BCUT2D eigenvalue weighted by atomic mass is 10.3. The first kappa shape index (κ1) is 13.3. The molecule has 2 rings (SSSR count). The number of aromatic nitrogens is 2. The fourth-order valence-corrected chi connectivity index (χ4v) is 2.48. The predicted octanol–water partition coefficient (Wildman–Crippen LogP) is 3.74. The van der Waals surface area contributed by atoms with E-state index in [0.29, 0.717) is 10.1 Å². The summed E-state index contributed by atoms with van der Waals surface area (Å²) in [6, 6.07) is 4.99. The van der Waals surface area contributed by atoms with Crippen molar-refractivity contribution in [1.29, 1.82) is 0 Å². The van der Waals surface area contributed by atoms with Crippen molar-refractivity contribution in [3.05, 3.63) is 45.7 Å². The summed E-state index contributed by atoms with van der Waals surface area (Å²) in [5.74, 6) is -1.08. The van der Waals surface area contributed by atoms with Crippen LogP contribution < -0.4 is 0 Å². The molecule has 0 aliphatic rings. The Balaban J connectivity index is 2.32. The molecule has 0 saturated carbocycles. The largest absolute Gasteiger partial charge is 0.478 e. The summed E-state index contributed by atoms with van der Waals surface area (Å²) in [7, 11) is 0. The minimum Gasteiger partial charge on any atom is -0.478 e. The van der Waals surface area contributed by atoms with Crippen LogP contribution in [-0.4, -0.2) is 21.0 Å². The zero-order valence-corrected chi connectivity index (χ0v) is 12.0. The van der Waals surface area contributed by atoms with Gasteiger partial charge in [0.05, 0.1) is 10.6 Å². The number of carboxylic acid groups (broad SMARTS) is 1. The van der Waals surface area contributed by atoms with Gasteiger partial charge in [0, 0.05) is 16.9 Å². The molecule has 0 bridgehead atoms. The van der Waals surface area contributed by atoms with Crippen LogP contribution in [0.4, 0.5) is 0 Å². The molecule has 0 unspecified atom stereocenters. The highest BCUT2D eigenvalue weighted by Crippen LogP contribution is 2.32. The molecule has 2 aromatic heterocycles. The lowest BCUT2D eigenvalue weighted by Gasteiger charge is -2.04. The fraction of sp³-hybridized carbons (Fsp3) is 0. The summed E-state index contributed by atoms with van der Waals surface area (Å²) in [6.45, 7) is 0. The summed E-state index contributed by atoms with van der Waals surface area (Å²) in [5, 5.41) is 10.2. The van der Waals surface area contributed by atoms with Gasteiger partial charge < -0.3 is 5.11 Å². The monoisotopic (exact) mass is 344 g/mol. The van der Waals surface area contributed by atoms with E-state index in [4.69, 9.17) is 16.7 Å². The van der Waals surface area contributed by atoms with Gasteiger partial charge >= 0.3 is 5.97 Å². The standard InChI is InChI=1S/C11H6BrClN2O2S/c12-6-1-2-8(15-5-6)18-10-9(13)7(11(16)17)3-4-14-10/h1-5H,(H,16,17). The number of nitrogens with zero attached hydrogens (tertiary/aromatic N) is 2. The molecule has 2 heterocycles. The van der Waals surface area contributed by atoms with Crippen LogP contribution in [0.2, 0.25) is 5.02 Å². The molecule has 0 fully saturated rings. The van der Waals surface area contributed by atoms with Gasteiger partial charge in [-0.05, 0) is 45.9 Å². The summed E-state index contributed by atoms with van der Waals surface area (Å²) in [5.41, 5.74) is 0.0336. The van der Waals surface area contributed by atoms with Gasteiger partial charge in [-0.3, -0.25) is 0 Å². The molecule has 0 saturated heterocycles. The number of halogens is 2. The molecule has 0 aliphatic heterocycles. The van der Waals surface area contributed by atoms with E-state index in [2.05, 4.69) is 25.9 Å². The van der Waals surface area contributed by atoms with Crippen LogP contribution in [-0.2, 0) is 0 Å². The summed E-state index contributed by atoms with van der Waals surface area (Å²) in [6.07, 6.45) is 3.06. The third kappa shape index (κ3) is 3.01. The van der Waals surface area contributed by atoms with Crippen molar-refractivity contribution >= 4 is 45.3 Å². The highest BCUT2D eigenvalue weighted by Gasteiger charge is 2.14. The SMILES string of the molecule is O=C(O)c1ccnc(Sc2ccc(Br)cn2)c1Cl. The molecule has 18 heavy (non-hydrogen) atoms. The molecule has 7 heteroatoms. The van der Waals surface area contributed by atoms with Gasteiger partial charge in [-0.15, -0.1) is 0 Å². The Morgan fingerprint density at radius 1 is 1.33 bits per heavy atom. The average Bonchev–Trinajstić information content (AvgIpc) is 2.34. The molecule has 92 valence electrons. The molecule has 1 N–H and O–H groups in total. The van der Waals surface area contributed by atoms with Crippen molar-refractivity contribution in [1.82, 2.24) is 9.97 Å². The first-order valence-electron chi connectivity index (χ1n) is 4.75. The maximum atomic E-state index is 10.9. The Bertz CT molecular complexity index is 592. The fourth-order valence-electron chi connectivity index (χ4n) is 1.18. The van der Waals surface area contributed by atoms with Gasteiger partial charge in [0.2, 0.25) is 0 Å². The maximum absolute atomic E-state index is 10.9. The van der Waals surface area contributed by atoms with E-state index in [1.54, 1.807) is 12.3 Å². The van der Waals surface area contributed by atoms with Gasteiger partial charge in [0.25, 0.3) is 0 Å². The highest BCUT2D eigenvalue weighted by molar-refractivity contribution is 9.10. The van der Waals surface area contributed by atoms with Crippen molar-refractivity contribution in [3.8, 4) is 0 Å². The third-order valence-corrected chi connectivity index (χ3v) is 3.91. The number of carboxylic acids is 1. The van der Waals surface area contributed by atoms with Crippen LogP contribution >= 0.6 is 39.3 Å². The summed E-state index contributed by atoms with van der Waals surface area (Å²) in [4.78, 5) is 19.1. The van der Waals surface area contributed by atoms with Crippen LogP contribution in [0, 0.1) is 0 Å². The van der Waals surface area contributed by atoms with Crippen LogP contribution in [0.15, 0.2) is 45.1 Å². The maximum Gasteiger partial charge on any atom is 0.337 e. The van der Waals surface area contributed by atoms with Gasteiger partial charge in [-0.25, -0.2) is 14.8 Å². The van der Waals surface area contributed by atoms with Crippen LogP contribution in [0.1, 0.15) is 10.4 Å². The Hall–Kier alpha value is -1.11. The summed E-state index contributed by atoms with van der Waals surface area (Å²) >= 11 is 10.5. The second-order valence-electron chi connectivity index (χ2n) is 3.20. The van der Waals surface area contributed by atoms with E-state index in [-0.39, 0.29) is 10.6 Å². The number of hydrogen-bond acceptors (Lipinski definition) is 4. The molecular weight excluding hydrogens is 340 g/mol. The Morgan fingerprint density at radius 2 is 2.11 bits per heavy atom. The quantitative estimate of drug-likeness (QED) is 0.918. The highest BCUT2D eigenvalue weighted by atomic mass is 79.9. The van der Waals surface area contributed by atoms with Crippen molar-refractivity contribution in [2.45, 2.75) is 10.1 Å². The molecule has 2 aromatic rings. The zero-order chi connectivity index (χ0) is 13.1. The van der Waals surface area contributed by atoms with Crippen LogP contribution in [0.5, 0.6) is 0 Å². The molecule has 0 aromatic carbocycles. The Kier molecular flexibility index (Phi) is 4.21. The first-order valence-corrected chi connectivity index (χ1v) is 6.74. The van der Waals surface area contributed by atoms with Gasteiger partial charge in [0.1, 0.15) is 10.1 Å². The third-order valence-electron chi connectivity index (χ3n) is 1.99. The second kappa shape index (κ2) is 5.69. The minimum absolute atomic E-state index is 0.0336. The minimum atomic E-state index is -1.08. The van der Waals surface area contributed by atoms with Gasteiger partial charge in [-0.1, -0.05) is 11.6 Å². The summed E-state index contributed by atoms with van der Waals surface area (Å²) < 4.78 is 0.866. The van der Waals surface area contributed by atoms with Crippen LogP contribution in [0.25, 0.3) is 0 Å². The number of rotatable bonds is 3.